The molecule has 1 rings (SSSR count). The van der Waals surface area contributed by atoms with Crippen molar-refractivity contribution < 1.29 is 19.4 Å². The number of nitriles is 1. The van der Waals surface area contributed by atoms with E-state index in [2.05, 4.69) is 0 Å². The molecule has 0 fully saturated rings. The van der Waals surface area contributed by atoms with Crippen LogP contribution in [0.1, 0.15) is 17.3 Å². The monoisotopic (exact) mass is 317 g/mol. The second-order valence-corrected chi connectivity index (χ2v) is 4.12. The van der Waals surface area contributed by atoms with E-state index in [1.54, 1.807) is 25.1 Å². The van der Waals surface area contributed by atoms with Crippen molar-refractivity contribution in [3.8, 4) is 6.07 Å². The van der Waals surface area contributed by atoms with Crippen LogP contribution in [0.25, 0.3) is 0 Å². The van der Waals surface area contributed by atoms with Crippen molar-refractivity contribution in [2.45, 2.75) is 13.0 Å². The van der Waals surface area contributed by atoms with Gasteiger partial charge in [0.1, 0.15) is 6.07 Å². The molecule has 0 aromatic heterocycles. The average molecular weight is 317 g/mol. The lowest BCUT2D eigenvalue weighted by atomic mass is 10.1. The summed E-state index contributed by atoms with van der Waals surface area (Å²) < 4.78 is 4.84. The fraction of sp³-hybridized carbons (Fsp3) is 0.143. The minimum Gasteiger partial charge on any atom is -0.439 e. The lowest BCUT2D eigenvalue weighted by molar-refractivity contribution is -0.394. The number of non-ortho nitro benzene ring substituents is 2. The highest BCUT2D eigenvalue weighted by Crippen LogP contribution is 2.23. The first-order chi connectivity index (χ1) is 10.9. The first-order valence-corrected chi connectivity index (χ1v) is 6.23. The predicted octanol–water partition coefficient (Wildman–Crippen LogP) is 2.68. The van der Waals surface area contributed by atoms with E-state index in [9.17, 15) is 25.0 Å². The molecule has 0 N–H and O–H groups in total. The van der Waals surface area contributed by atoms with Crippen molar-refractivity contribution in [2.75, 3.05) is 0 Å². The number of rotatable bonds is 6. The van der Waals surface area contributed by atoms with E-state index in [1.807, 2.05) is 0 Å². The molecule has 9 heteroatoms. The van der Waals surface area contributed by atoms with E-state index in [0.29, 0.717) is 0 Å². The van der Waals surface area contributed by atoms with E-state index < -0.39 is 33.3 Å². The summed E-state index contributed by atoms with van der Waals surface area (Å²) in [5.41, 5.74) is -1.63. The average Bonchev–Trinajstić information content (AvgIpc) is 2.53. The van der Waals surface area contributed by atoms with E-state index >= 15 is 0 Å². The quantitative estimate of drug-likeness (QED) is 0.340. The van der Waals surface area contributed by atoms with Crippen molar-refractivity contribution in [2.24, 2.45) is 0 Å². The number of ether oxygens (including phenoxy) is 1. The summed E-state index contributed by atoms with van der Waals surface area (Å²) in [4.78, 5) is 31.7. The highest BCUT2D eigenvalue weighted by Gasteiger charge is 2.22. The molecular weight excluding hydrogens is 306 g/mol. The van der Waals surface area contributed by atoms with Crippen LogP contribution in [-0.4, -0.2) is 21.9 Å². The van der Waals surface area contributed by atoms with Crippen LogP contribution >= 0.6 is 0 Å². The molecule has 1 aromatic rings. The summed E-state index contributed by atoms with van der Waals surface area (Å²) in [6.07, 6.45) is 4.85. The van der Waals surface area contributed by atoms with Crippen LogP contribution in [0.15, 0.2) is 42.5 Å². The second kappa shape index (κ2) is 8.04. The van der Waals surface area contributed by atoms with Crippen molar-refractivity contribution in [3.63, 3.8) is 0 Å². The van der Waals surface area contributed by atoms with Crippen LogP contribution in [0.2, 0.25) is 0 Å². The molecule has 0 aliphatic carbocycles. The molecule has 9 nitrogen and oxygen atoms in total. The molecule has 0 aliphatic heterocycles. The van der Waals surface area contributed by atoms with E-state index in [-0.39, 0.29) is 5.56 Å². The van der Waals surface area contributed by atoms with Gasteiger partial charge in [0.15, 0.2) is 0 Å². The highest BCUT2D eigenvalue weighted by atomic mass is 16.6. The normalized spacial score (nSPS) is 12.0. The number of nitrogens with zero attached hydrogens (tertiary/aromatic N) is 3. The van der Waals surface area contributed by atoms with Gasteiger partial charge >= 0.3 is 5.97 Å². The van der Waals surface area contributed by atoms with Crippen LogP contribution in [0.4, 0.5) is 11.4 Å². The summed E-state index contributed by atoms with van der Waals surface area (Å²) in [6.45, 7) is 1.75. The minimum absolute atomic E-state index is 0.384. The fourth-order valence-electron chi connectivity index (χ4n) is 1.49. The van der Waals surface area contributed by atoms with Gasteiger partial charge in [-0.15, -0.1) is 0 Å². The molecule has 0 saturated carbocycles. The summed E-state index contributed by atoms with van der Waals surface area (Å²) >= 11 is 0. The number of nitro groups is 2. The number of hydrogen-bond donors (Lipinski definition) is 0. The molecule has 1 atom stereocenters. The smallest absolute Gasteiger partial charge is 0.340 e. The standard InChI is InChI=1S/C14H11N3O6/c1-2-3-4-5-13(9-15)23-14(18)10-6-11(16(19)20)8-12(7-10)17(21)22/h2-8,13H,1H3/b3-2+,5-4+/t13-/m1/s1. The van der Waals surface area contributed by atoms with Crippen LogP contribution in [0.5, 0.6) is 0 Å². The van der Waals surface area contributed by atoms with Gasteiger partial charge in [-0.25, -0.2) is 4.79 Å². The third kappa shape index (κ3) is 5.05. The van der Waals surface area contributed by atoms with Crippen LogP contribution in [0, 0.1) is 31.6 Å². The molecule has 118 valence electrons. The van der Waals surface area contributed by atoms with Gasteiger partial charge in [0.2, 0.25) is 6.10 Å². The van der Waals surface area contributed by atoms with Gasteiger partial charge in [-0.2, -0.15) is 5.26 Å². The van der Waals surface area contributed by atoms with Gasteiger partial charge in [0, 0.05) is 12.1 Å². The van der Waals surface area contributed by atoms with E-state index in [0.717, 1.165) is 18.2 Å². The number of allylic oxidation sites excluding steroid dienone is 3. The molecule has 0 saturated heterocycles. The zero-order chi connectivity index (χ0) is 17.4. The van der Waals surface area contributed by atoms with Gasteiger partial charge in [0.25, 0.3) is 11.4 Å². The number of nitro benzene ring substituents is 2. The van der Waals surface area contributed by atoms with Crippen LogP contribution in [0.3, 0.4) is 0 Å². The predicted molar refractivity (Wildman–Crippen MR) is 78.5 cm³/mol. The molecule has 23 heavy (non-hydrogen) atoms. The lowest BCUT2D eigenvalue weighted by Crippen LogP contribution is -2.14. The highest BCUT2D eigenvalue weighted by molar-refractivity contribution is 5.91. The Morgan fingerprint density at radius 1 is 1.22 bits per heavy atom. The maximum atomic E-state index is 11.9. The summed E-state index contributed by atoms with van der Waals surface area (Å²) in [5.74, 6) is -1.08. The van der Waals surface area contributed by atoms with Gasteiger partial charge in [-0.05, 0) is 13.0 Å². The number of esters is 1. The minimum atomic E-state index is -1.22. The zero-order valence-corrected chi connectivity index (χ0v) is 11.9. The first-order valence-electron chi connectivity index (χ1n) is 6.23. The SMILES string of the molecule is C/C=C/C=C/[C@H](C#N)OC(=O)c1cc([N+](=O)[O-])cc([N+](=O)[O-])c1. The molecule has 0 unspecified atom stereocenters. The maximum Gasteiger partial charge on any atom is 0.340 e. The van der Waals surface area contributed by atoms with Crippen molar-refractivity contribution in [1.29, 1.82) is 5.26 Å². The topological polar surface area (TPSA) is 136 Å². The maximum absolute atomic E-state index is 11.9. The Morgan fingerprint density at radius 2 is 1.78 bits per heavy atom. The third-order valence-electron chi connectivity index (χ3n) is 2.51. The van der Waals surface area contributed by atoms with Gasteiger partial charge in [-0.3, -0.25) is 20.2 Å². The van der Waals surface area contributed by atoms with Gasteiger partial charge in [0.05, 0.1) is 21.5 Å². The summed E-state index contributed by atoms with van der Waals surface area (Å²) in [5, 5.41) is 30.4. The molecule has 0 amide bonds. The molecule has 0 radical (unpaired) electrons. The van der Waals surface area contributed by atoms with E-state index in [1.165, 1.54) is 12.2 Å². The Morgan fingerprint density at radius 3 is 2.22 bits per heavy atom. The van der Waals surface area contributed by atoms with Crippen molar-refractivity contribution in [3.05, 3.63) is 68.3 Å². The Hall–Kier alpha value is -3.54. The molecule has 0 bridgehead atoms. The van der Waals surface area contributed by atoms with Crippen molar-refractivity contribution >= 4 is 17.3 Å². The largest absolute Gasteiger partial charge is 0.439 e. The van der Waals surface area contributed by atoms with Crippen LogP contribution in [-0.2, 0) is 4.74 Å². The molecule has 0 aliphatic rings. The first kappa shape index (κ1) is 17.5. The number of benzene rings is 1. The number of hydrogen-bond acceptors (Lipinski definition) is 7. The van der Waals surface area contributed by atoms with Gasteiger partial charge in [-0.1, -0.05) is 18.2 Å². The second-order valence-electron chi connectivity index (χ2n) is 4.12. The summed E-state index contributed by atoms with van der Waals surface area (Å²) in [6, 6.07) is 4.12. The Bertz CT molecular complexity index is 700. The Labute approximate surface area is 130 Å². The van der Waals surface area contributed by atoms with Gasteiger partial charge < -0.3 is 4.74 Å². The third-order valence-corrected chi connectivity index (χ3v) is 2.51. The molecule has 0 spiro atoms. The van der Waals surface area contributed by atoms with Crippen LogP contribution < -0.4 is 0 Å². The molecule has 0 heterocycles. The van der Waals surface area contributed by atoms with Crippen molar-refractivity contribution in [1.82, 2.24) is 0 Å². The zero-order valence-electron chi connectivity index (χ0n) is 11.9. The Kier molecular flexibility index (Phi) is 6.12. The number of carbonyl (C=O) groups is 1. The summed E-state index contributed by atoms with van der Waals surface area (Å²) in [7, 11) is 0. The molecular formula is C14H11N3O6. The fourth-order valence-corrected chi connectivity index (χ4v) is 1.49. The lowest BCUT2D eigenvalue weighted by Gasteiger charge is -2.06. The molecule has 1 aromatic carbocycles. The number of carbonyl (C=O) groups excluding carboxylic acids is 1. The van der Waals surface area contributed by atoms with E-state index in [4.69, 9.17) is 10.00 Å². The Balaban J connectivity index is 3.09.